The Morgan fingerprint density at radius 3 is 2.12 bits per heavy atom. The lowest BCUT2D eigenvalue weighted by Crippen LogP contribution is -2.21. The minimum Gasteiger partial charge on any atom is -0.481 e. The van der Waals surface area contributed by atoms with Crippen molar-refractivity contribution in [2.24, 2.45) is 0 Å². The lowest BCUT2D eigenvalue weighted by atomic mass is 9.96. The summed E-state index contributed by atoms with van der Waals surface area (Å²) in [5.74, 6) is -3.24. The van der Waals surface area contributed by atoms with Crippen LogP contribution in [0.5, 0.6) is 0 Å². The number of esters is 2. The van der Waals surface area contributed by atoms with Crippen LogP contribution in [0.3, 0.4) is 0 Å². The highest BCUT2D eigenvalue weighted by Gasteiger charge is 2.27. The monoisotopic (exact) mass is 587 g/mol. The SMILES string of the molecule is CCCCCCCCOC(=O)c1c(C(=O)OC)ccc(NC(=O)c2cc(CCCCCCCC)cs2)c1CC(=O)O. The second-order valence-corrected chi connectivity index (χ2v) is 11.2. The van der Waals surface area contributed by atoms with E-state index in [2.05, 4.69) is 19.2 Å². The second kappa shape index (κ2) is 19.0. The van der Waals surface area contributed by atoms with Crippen LogP contribution >= 0.6 is 11.3 Å². The molecule has 226 valence electrons. The number of aryl methyl sites for hydroxylation is 1. The molecule has 0 saturated heterocycles. The largest absolute Gasteiger partial charge is 0.481 e. The molecule has 0 aliphatic heterocycles. The van der Waals surface area contributed by atoms with Gasteiger partial charge in [0.1, 0.15) is 0 Å². The number of benzene rings is 1. The highest BCUT2D eigenvalue weighted by molar-refractivity contribution is 7.12. The molecule has 0 spiro atoms. The van der Waals surface area contributed by atoms with Crippen molar-refractivity contribution in [3.05, 3.63) is 50.7 Å². The van der Waals surface area contributed by atoms with E-state index in [1.165, 1.54) is 56.3 Å². The van der Waals surface area contributed by atoms with Crippen molar-refractivity contribution in [1.82, 2.24) is 0 Å². The van der Waals surface area contributed by atoms with Crippen molar-refractivity contribution < 1.29 is 33.8 Å². The van der Waals surface area contributed by atoms with Gasteiger partial charge in [-0.1, -0.05) is 78.1 Å². The molecule has 0 radical (unpaired) electrons. The Hall–Kier alpha value is -3.20. The predicted molar refractivity (Wildman–Crippen MR) is 162 cm³/mol. The number of carboxylic acids is 1. The Morgan fingerprint density at radius 1 is 0.854 bits per heavy atom. The van der Waals surface area contributed by atoms with Gasteiger partial charge in [-0.15, -0.1) is 11.3 Å². The summed E-state index contributed by atoms with van der Waals surface area (Å²) in [6.45, 7) is 4.48. The van der Waals surface area contributed by atoms with Gasteiger partial charge in [-0.3, -0.25) is 9.59 Å². The first-order chi connectivity index (χ1) is 19.8. The van der Waals surface area contributed by atoms with Gasteiger partial charge < -0.3 is 19.9 Å². The first kappa shape index (κ1) is 34.0. The van der Waals surface area contributed by atoms with Crippen molar-refractivity contribution >= 4 is 40.8 Å². The van der Waals surface area contributed by atoms with Crippen LogP contribution in [0.1, 0.15) is 132 Å². The zero-order valence-corrected chi connectivity index (χ0v) is 25.5. The smallest absolute Gasteiger partial charge is 0.339 e. The molecule has 0 atom stereocenters. The van der Waals surface area contributed by atoms with Gasteiger partial charge in [0.2, 0.25) is 0 Å². The number of anilines is 1. The summed E-state index contributed by atoms with van der Waals surface area (Å²) in [5, 5.41) is 14.3. The lowest BCUT2D eigenvalue weighted by Gasteiger charge is -2.17. The van der Waals surface area contributed by atoms with Gasteiger partial charge in [0, 0.05) is 11.3 Å². The number of unbranched alkanes of at least 4 members (excludes halogenated alkanes) is 10. The molecular weight excluding hydrogens is 542 g/mol. The van der Waals surface area contributed by atoms with E-state index in [1.807, 2.05) is 11.4 Å². The van der Waals surface area contributed by atoms with Crippen LogP contribution in [0.4, 0.5) is 5.69 Å². The quantitative estimate of drug-likeness (QED) is 0.120. The number of nitrogens with one attached hydrogen (secondary N) is 1. The maximum Gasteiger partial charge on any atom is 0.339 e. The summed E-state index contributed by atoms with van der Waals surface area (Å²) in [5.41, 5.74) is 0.930. The third kappa shape index (κ3) is 11.7. The van der Waals surface area contributed by atoms with Gasteiger partial charge in [-0.2, -0.15) is 0 Å². The topological polar surface area (TPSA) is 119 Å². The minimum absolute atomic E-state index is 0.00514. The van der Waals surface area contributed by atoms with Crippen LogP contribution in [-0.4, -0.2) is 42.6 Å². The van der Waals surface area contributed by atoms with Gasteiger partial charge in [0.05, 0.1) is 36.1 Å². The van der Waals surface area contributed by atoms with Crippen molar-refractivity contribution in [3.8, 4) is 0 Å². The minimum atomic E-state index is -1.22. The van der Waals surface area contributed by atoms with Crippen LogP contribution in [0.15, 0.2) is 23.6 Å². The number of hydrogen-bond donors (Lipinski definition) is 2. The van der Waals surface area contributed by atoms with Crippen LogP contribution in [0.2, 0.25) is 0 Å². The van der Waals surface area contributed by atoms with E-state index < -0.39 is 30.2 Å². The lowest BCUT2D eigenvalue weighted by molar-refractivity contribution is -0.136. The van der Waals surface area contributed by atoms with E-state index in [0.717, 1.165) is 56.9 Å². The van der Waals surface area contributed by atoms with Gasteiger partial charge >= 0.3 is 17.9 Å². The number of thiophene rings is 1. The molecule has 9 heteroatoms. The molecule has 8 nitrogen and oxygen atoms in total. The highest BCUT2D eigenvalue weighted by Crippen LogP contribution is 2.28. The highest BCUT2D eigenvalue weighted by atomic mass is 32.1. The molecule has 0 aliphatic carbocycles. The van der Waals surface area contributed by atoms with Gasteiger partial charge in [-0.05, 0) is 48.4 Å². The van der Waals surface area contributed by atoms with Crippen molar-refractivity contribution in [1.29, 1.82) is 0 Å². The van der Waals surface area contributed by atoms with Gasteiger partial charge in [-0.25, -0.2) is 9.59 Å². The maximum absolute atomic E-state index is 13.2. The molecule has 0 aliphatic rings. The van der Waals surface area contributed by atoms with Gasteiger partial charge in [0.25, 0.3) is 5.91 Å². The van der Waals surface area contributed by atoms with E-state index in [-0.39, 0.29) is 29.0 Å². The standard InChI is InChI=1S/C32H45NO7S/c1-4-6-8-10-12-14-16-23-20-27(41-22-23)30(36)33-26-18-17-24(31(37)39-3)29(25(26)21-28(34)35)32(38)40-19-15-13-11-9-7-5-2/h17-18,20,22H,4-16,19,21H2,1-3H3,(H,33,36)(H,34,35). The van der Waals surface area contributed by atoms with Crippen LogP contribution < -0.4 is 5.32 Å². The number of carbonyl (C=O) groups excluding carboxylic acids is 3. The summed E-state index contributed by atoms with van der Waals surface area (Å²) >= 11 is 1.32. The molecule has 0 unspecified atom stereocenters. The number of methoxy groups -OCH3 is 1. The molecular formula is C32H45NO7S. The molecule has 0 bridgehead atoms. The number of carbonyl (C=O) groups is 4. The average molecular weight is 588 g/mol. The third-order valence-corrected chi connectivity index (χ3v) is 7.90. The van der Waals surface area contributed by atoms with Crippen molar-refractivity contribution in [2.75, 3.05) is 19.0 Å². The van der Waals surface area contributed by atoms with Crippen LogP contribution in [0, 0.1) is 0 Å². The predicted octanol–water partition coefficient (Wildman–Crippen LogP) is 7.83. The Kier molecular flexibility index (Phi) is 15.8. The third-order valence-electron chi connectivity index (χ3n) is 6.93. The number of ether oxygens (including phenoxy) is 2. The fourth-order valence-corrected chi connectivity index (χ4v) is 5.49. The van der Waals surface area contributed by atoms with Crippen molar-refractivity contribution in [3.63, 3.8) is 0 Å². The number of carboxylic acid groups (broad SMARTS) is 1. The number of rotatable bonds is 20. The number of aliphatic carboxylic acids is 1. The average Bonchev–Trinajstić information content (AvgIpc) is 3.43. The van der Waals surface area contributed by atoms with E-state index >= 15 is 0 Å². The summed E-state index contributed by atoms with van der Waals surface area (Å²) in [6.07, 6.45) is 13.4. The molecule has 41 heavy (non-hydrogen) atoms. The summed E-state index contributed by atoms with van der Waals surface area (Å²) in [6, 6.07) is 4.63. The fourth-order valence-electron chi connectivity index (χ4n) is 4.65. The van der Waals surface area contributed by atoms with E-state index in [9.17, 15) is 24.3 Å². The molecule has 1 amide bonds. The number of amides is 1. The first-order valence-electron chi connectivity index (χ1n) is 14.8. The van der Waals surface area contributed by atoms with Crippen LogP contribution in [-0.2, 0) is 27.1 Å². The van der Waals surface area contributed by atoms with E-state index in [1.54, 1.807) is 0 Å². The molecule has 0 saturated carbocycles. The first-order valence-corrected chi connectivity index (χ1v) is 15.7. The summed E-state index contributed by atoms with van der Waals surface area (Å²) < 4.78 is 10.3. The zero-order valence-electron chi connectivity index (χ0n) is 24.7. The Morgan fingerprint density at radius 2 is 1.49 bits per heavy atom. The molecule has 1 aromatic heterocycles. The fraction of sp³-hybridized carbons (Fsp3) is 0.562. The summed E-state index contributed by atoms with van der Waals surface area (Å²) in [7, 11) is 1.18. The molecule has 2 aromatic rings. The maximum atomic E-state index is 13.2. The number of hydrogen-bond acceptors (Lipinski definition) is 7. The van der Waals surface area contributed by atoms with E-state index in [0.29, 0.717) is 11.3 Å². The van der Waals surface area contributed by atoms with E-state index in [4.69, 9.17) is 9.47 Å². The summed E-state index contributed by atoms with van der Waals surface area (Å²) in [4.78, 5) is 51.1. The molecule has 2 rings (SSSR count). The second-order valence-electron chi connectivity index (χ2n) is 10.3. The Labute approximate surface area is 247 Å². The Balaban J connectivity index is 2.19. The molecule has 0 fully saturated rings. The molecule has 2 N–H and O–H groups in total. The van der Waals surface area contributed by atoms with Crippen molar-refractivity contribution in [2.45, 2.75) is 104 Å². The molecule has 1 heterocycles. The molecule has 1 aromatic carbocycles. The van der Waals surface area contributed by atoms with Crippen LogP contribution in [0.25, 0.3) is 0 Å². The Bertz CT molecular complexity index is 1140. The van der Waals surface area contributed by atoms with Gasteiger partial charge in [0.15, 0.2) is 0 Å². The normalized spacial score (nSPS) is 10.8. The zero-order chi connectivity index (χ0) is 30.0.